The Morgan fingerprint density at radius 1 is 0.906 bits per heavy atom. The first-order valence-corrected chi connectivity index (χ1v) is 11.4. The zero-order valence-corrected chi connectivity index (χ0v) is 18.4. The molecule has 1 atom stereocenters. The minimum Gasteiger partial charge on any atom is -0.252 e. The summed E-state index contributed by atoms with van der Waals surface area (Å²) in [6.45, 7) is 4.16. The van der Waals surface area contributed by atoms with E-state index in [2.05, 4.69) is 61.5 Å². The summed E-state index contributed by atoms with van der Waals surface area (Å²) in [7, 11) is 0. The molecule has 32 heavy (non-hydrogen) atoms. The average Bonchev–Trinajstić information content (AvgIpc) is 3.32. The summed E-state index contributed by atoms with van der Waals surface area (Å²) in [5.74, 6) is -2.63. The van der Waals surface area contributed by atoms with E-state index in [-0.39, 0.29) is 18.8 Å². The van der Waals surface area contributed by atoms with Crippen LogP contribution in [0.1, 0.15) is 53.1 Å². The minimum atomic E-state index is -2.54. The quantitative estimate of drug-likeness (QED) is 0.279. The van der Waals surface area contributed by atoms with Crippen molar-refractivity contribution in [2.24, 2.45) is 0 Å². The van der Waals surface area contributed by atoms with Gasteiger partial charge in [-0.2, -0.15) is 0 Å². The van der Waals surface area contributed by atoms with E-state index in [4.69, 9.17) is 4.98 Å². The number of nitrogens with zero attached hydrogens (tertiary/aromatic N) is 1. The molecule has 160 valence electrons. The average molecular weight is 426 g/mol. The fourth-order valence-corrected chi connectivity index (χ4v) is 5.68. The Kier molecular flexibility index (Phi) is 4.27. The molecule has 2 aliphatic carbocycles. The Balaban J connectivity index is 1.56. The fourth-order valence-electron chi connectivity index (χ4n) is 5.68. The summed E-state index contributed by atoms with van der Waals surface area (Å²) in [6.07, 6.45) is 1.37. The zero-order chi connectivity index (χ0) is 22.0. The largest absolute Gasteiger partial charge is 0.252 e. The number of aryl methyl sites for hydroxylation is 2. The third kappa shape index (κ3) is 3.14. The van der Waals surface area contributed by atoms with Crippen molar-refractivity contribution < 1.29 is 8.78 Å². The number of benzene rings is 3. The summed E-state index contributed by atoms with van der Waals surface area (Å²) < 4.78 is 27.8. The van der Waals surface area contributed by atoms with E-state index in [0.717, 1.165) is 34.1 Å². The highest BCUT2D eigenvalue weighted by Crippen LogP contribution is 2.46. The van der Waals surface area contributed by atoms with E-state index in [0.29, 0.717) is 6.42 Å². The van der Waals surface area contributed by atoms with Gasteiger partial charge in [0.25, 0.3) is 0 Å². The van der Waals surface area contributed by atoms with Crippen molar-refractivity contribution in [3.05, 3.63) is 88.6 Å². The Morgan fingerprint density at radius 3 is 2.53 bits per heavy atom. The van der Waals surface area contributed by atoms with Gasteiger partial charge in [-0.1, -0.05) is 42.5 Å². The Bertz CT molecular complexity index is 1390. The van der Waals surface area contributed by atoms with Crippen molar-refractivity contribution in [2.75, 3.05) is 0 Å². The SMILES string of the molecule is Cc1cc2c(c(-c3nc(C)cc4ccc(C5CCC(F)(F)C5)cc34)c1)Cc1ccccc1-2. The second-order valence-electron chi connectivity index (χ2n) is 9.56. The third-order valence-electron chi connectivity index (χ3n) is 7.18. The molecule has 2 aliphatic rings. The van der Waals surface area contributed by atoms with E-state index >= 15 is 0 Å². The van der Waals surface area contributed by atoms with Crippen molar-refractivity contribution in [1.82, 2.24) is 4.98 Å². The van der Waals surface area contributed by atoms with Gasteiger partial charge in [0.2, 0.25) is 5.92 Å². The Morgan fingerprint density at radius 2 is 1.72 bits per heavy atom. The maximum absolute atomic E-state index is 13.9. The van der Waals surface area contributed by atoms with Crippen LogP contribution in [0.2, 0.25) is 0 Å². The number of hydrogen-bond acceptors (Lipinski definition) is 1. The summed E-state index contributed by atoms with van der Waals surface area (Å²) in [5.41, 5.74) is 10.6. The third-order valence-corrected chi connectivity index (χ3v) is 7.18. The number of pyridine rings is 1. The van der Waals surface area contributed by atoms with Crippen LogP contribution in [0.3, 0.4) is 0 Å². The lowest BCUT2D eigenvalue weighted by molar-refractivity contribution is 0.00777. The van der Waals surface area contributed by atoms with Gasteiger partial charge in [0.1, 0.15) is 0 Å². The highest BCUT2D eigenvalue weighted by atomic mass is 19.3. The molecular weight excluding hydrogens is 400 g/mol. The number of hydrogen-bond donors (Lipinski definition) is 0. The molecule has 4 aromatic rings. The van der Waals surface area contributed by atoms with Gasteiger partial charge in [-0.05, 0) is 89.6 Å². The molecule has 0 amide bonds. The molecule has 0 spiro atoms. The van der Waals surface area contributed by atoms with Crippen LogP contribution in [0, 0.1) is 13.8 Å². The number of rotatable bonds is 2. The number of fused-ring (bicyclic) bond motifs is 4. The van der Waals surface area contributed by atoms with Crippen molar-refractivity contribution in [3.63, 3.8) is 0 Å². The molecule has 1 fully saturated rings. The standard InChI is InChI=1S/C29H25F2N/c1-17-11-25-23-6-4-3-5-20(23)15-26(25)27(12-17)28-24-14-19(22-9-10-29(30,31)16-22)7-8-21(24)13-18(2)32-28/h3-8,11-14,22H,9-10,15-16H2,1-2H3. The van der Waals surface area contributed by atoms with Crippen LogP contribution in [0.25, 0.3) is 33.2 Å². The van der Waals surface area contributed by atoms with E-state index in [1.165, 1.54) is 33.4 Å². The minimum absolute atomic E-state index is 0.0155. The molecule has 0 radical (unpaired) electrons. The van der Waals surface area contributed by atoms with Gasteiger partial charge in [-0.25, -0.2) is 8.78 Å². The maximum Gasteiger partial charge on any atom is 0.248 e. The first kappa shape index (κ1) is 19.6. The van der Waals surface area contributed by atoms with Gasteiger partial charge in [0.15, 0.2) is 0 Å². The summed E-state index contributed by atoms with van der Waals surface area (Å²) in [6, 6.07) is 21.5. The number of aromatic nitrogens is 1. The molecule has 1 heterocycles. The molecule has 0 N–H and O–H groups in total. The molecule has 6 rings (SSSR count). The highest BCUT2D eigenvalue weighted by molar-refractivity contribution is 5.98. The lowest BCUT2D eigenvalue weighted by atomic mass is 9.90. The van der Waals surface area contributed by atoms with Crippen LogP contribution >= 0.6 is 0 Å². The van der Waals surface area contributed by atoms with Gasteiger partial charge < -0.3 is 0 Å². The Labute approximate surface area is 187 Å². The zero-order valence-electron chi connectivity index (χ0n) is 18.4. The van der Waals surface area contributed by atoms with E-state index < -0.39 is 5.92 Å². The molecule has 0 saturated heterocycles. The van der Waals surface area contributed by atoms with Gasteiger partial charge in [0, 0.05) is 29.5 Å². The summed E-state index contributed by atoms with van der Waals surface area (Å²) in [4.78, 5) is 5.00. The van der Waals surface area contributed by atoms with Crippen molar-refractivity contribution >= 4 is 10.8 Å². The van der Waals surface area contributed by atoms with E-state index in [1.807, 2.05) is 13.0 Å². The van der Waals surface area contributed by atoms with Crippen LogP contribution in [-0.2, 0) is 6.42 Å². The van der Waals surface area contributed by atoms with Crippen LogP contribution < -0.4 is 0 Å². The smallest absolute Gasteiger partial charge is 0.248 e. The fraction of sp³-hybridized carbons (Fsp3) is 0.276. The monoisotopic (exact) mass is 425 g/mol. The van der Waals surface area contributed by atoms with Gasteiger partial charge in [0.05, 0.1) is 5.69 Å². The summed E-state index contributed by atoms with van der Waals surface area (Å²) in [5, 5.41) is 2.18. The van der Waals surface area contributed by atoms with Crippen molar-refractivity contribution in [2.45, 2.75) is 51.4 Å². The van der Waals surface area contributed by atoms with Crippen LogP contribution in [0.15, 0.2) is 60.7 Å². The van der Waals surface area contributed by atoms with Gasteiger partial charge in [-0.15, -0.1) is 0 Å². The topological polar surface area (TPSA) is 12.9 Å². The molecule has 0 aliphatic heterocycles. The molecule has 1 unspecified atom stereocenters. The van der Waals surface area contributed by atoms with E-state index in [1.54, 1.807) is 0 Å². The lowest BCUT2D eigenvalue weighted by Gasteiger charge is -2.16. The molecule has 1 saturated carbocycles. The van der Waals surface area contributed by atoms with Crippen LogP contribution in [0.5, 0.6) is 0 Å². The maximum atomic E-state index is 13.9. The lowest BCUT2D eigenvalue weighted by Crippen LogP contribution is -2.09. The normalized spacial score (nSPS) is 18.7. The first-order chi connectivity index (χ1) is 15.4. The number of halogens is 2. The Hall–Kier alpha value is -3.07. The van der Waals surface area contributed by atoms with E-state index in [9.17, 15) is 8.78 Å². The molecule has 1 nitrogen and oxygen atoms in total. The second-order valence-corrected chi connectivity index (χ2v) is 9.56. The molecule has 0 bridgehead atoms. The first-order valence-electron chi connectivity index (χ1n) is 11.4. The molecule has 3 aromatic carbocycles. The molecular formula is C29H25F2N. The number of alkyl halides is 2. The highest BCUT2D eigenvalue weighted by Gasteiger charge is 2.40. The van der Waals surface area contributed by atoms with Crippen LogP contribution in [-0.4, -0.2) is 10.9 Å². The van der Waals surface area contributed by atoms with Gasteiger partial charge >= 0.3 is 0 Å². The predicted molar refractivity (Wildman–Crippen MR) is 126 cm³/mol. The predicted octanol–water partition coefficient (Wildman–Crippen LogP) is 7.99. The molecule has 3 heteroatoms. The van der Waals surface area contributed by atoms with Crippen molar-refractivity contribution in [1.29, 1.82) is 0 Å². The second kappa shape index (κ2) is 6.96. The van der Waals surface area contributed by atoms with Gasteiger partial charge in [-0.3, -0.25) is 4.98 Å². The van der Waals surface area contributed by atoms with Crippen molar-refractivity contribution in [3.8, 4) is 22.4 Å². The summed E-state index contributed by atoms with van der Waals surface area (Å²) >= 11 is 0. The molecule has 1 aromatic heterocycles. The van der Waals surface area contributed by atoms with Crippen LogP contribution in [0.4, 0.5) is 8.78 Å².